The molecule has 1 aliphatic carbocycles. The second-order valence-corrected chi connectivity index (χ2v) is 3.54. The van der Waals surface area contributed by atoms with Crippen LogP contribution in [0.2, 0.25) is 0 Å². The molecule has 0 unspecified atom stereocenters. The maximum atomic E-state index is 5.71. The Bertz CT molecular complexity index is 280. The zero-order chi connectivity index (χ0) is 9.10. The van der Waals surface area contributed by atoms with E-state index in [1.165, 1.54) is 30.4 Å². The van der Waals surface area contributed by atoms with Crippen LogP contribution < -0.4 is 0 Å². The molecule has 13 heavy (non-hydrogen) atoms. The third-order valence-electron chi connectivity index (χ3n) is 2.68. The van der Waals surface area contributed by atoms with E-state index in [1.54, 1.807) is 0 Å². The van der Waals surface area contributed by atoms with Gasteiger partial charge in [-0.25, -0.2) is 0 Å². The maximum Gasteiger partial charge on any atom is 0.0827 e. The SMILES string of the molecule is CCO[C@H]1CCCc2ccccc21. The molecule has 0 radical (unpaired) electrons. The first kappa shape index (κ1) is 8.76. The van der Waals surface area contributed by atoms with Crippen LogP contribution in [0.25, 0.3) is 0 Å². The second kappa shape index (κ2) is 3.93. The van der Waals surface area contributed by atoms with Crippen LogP contribution >= 0.6 is 0 Å². The van der Waals surface area contributed by atoms with Crippen molar-refractivity contribution in [1.82, 2.24) is 0 Å². The van der Waals surface area contributed by atoms with Gasteiger partial charge in [0.25, 0.3) is 0 Å². The quantitative estimate of drug-likeness (QED) is 0.672. The molecule has 0 aromatic heterocycles. The van der Waals surface area contributed by atoms with Gasteiger partial charge in [0.2, 0.25) is 0 Å². The van der Waals surface area contributed by atoms with E-state index >= 15 is 0 Å². The maximum absolute atomic E-state index is 5.71. The number of rotatable bonds is 2. The van der Waals surface area contributed by atoms with E-state index in [0.29, 0.717) is 6.10 Å². The molecule has 1 heteroatoms. The highest BCUT2D eigenvalue weighted by Crippen LogP contribution is 2.31. The number of aryl methyl sites for hydroxylation is 1. The summed E-state index contributed by atoms with van der Waals surface area (Å²) in [5.41, 5.74) is 2.89. The highest BCUT2D eigenvalue weighted by molar-refractivity contribution is 5.31. The molecule has 0 aliphatic heterocycles. The van der Waals surface area contributed by atoms with Crippen LogP contribution in [0.5, 0.6) is 0 Å². The van der Waals surface area contributed by atoms with Crippen LogP contribution in [-0.4, -0.2) is 6.61 Å². The minimum absolute atomic E-state index is 0.356. The Morgan fingerprint density at radius 2 is 2.23 bits per heavy atom. The molecule has 0 heterocycles. The van der Waals surface area contributed by atoms with Crippen molar-refractivity contribution in [2.24, 2.45) is 0 Å². The van der Waals surface area contributed by atoms with E-state index in [9.17, 15) is 0 Å². The molecule has 0 saturated carbocycles. The van der Waals surface area contributed by atoms with Crippen molar-refractivity contribution in [3.8, 4) is 0 Å². The lowest BCUT2D eigenvalue weighted by atomic mass is 9.89. The van der Waals surface area contributed by atoms with Crippen molar-refractivity contribution in [2.75, 3.05) is 6.61 Å². The van der Waals surface area contributed by atoms with E-state index in [0.717, 1.165) is 6.61 Å². The summed E-state index contributed by atoms with van der Waals surface area (Å²) in [6.45, 7) is 2.89. The number of hydrogen-bond donors (Lipinski definition) is 0. The van der Waals surface area contributed by atoms with Gasteiger partial charge in [0.15, 0.2) is 0 Å². The fraction of sp³-hybridized carbons (Fsp3) is 0.500. The summed E-state index contributed by atoms with van der Waals surface area (Å²) in [6, 6.07) is 8.65. The Morgan fingerprint density at radius 3 is 3.08 bits per heavy atom. The first-order chi connectivity index (χ1) is 6.42. The smallest absolute Gasteiger partial charge is 0.0827 e. The minimum atomic E-state index is 0.356. The molecular formula is C12H16O. The summed E-state index contributed by atoms with van der Waals surface area (Å²) in [7, 11) is 0. The van der Waals surface area contributed by atoms with Crippen LogP contribution in [-0.2, 0) is 11.2 Å². The molecule has 2 rings (SSSR count). The van der Waals surface area contributed by atoms with E-state index in [4.69, 9.17) is 4.74 Å². The minimum Gasteiger partial charge on any atom is -0.374 e. The van der Waals surface area contributed by atoms with Gasteiger partial charge in [-0.1, -0.05) is 24.3 Å². The normalized spacial score (nSPS) is 21.2. The third kappa shape index (κ3) is 1.75. The molecule has 1 atom stereocenters. The standard InChI is InChI=1S/C12H16O/c1-2-13-12-9-5-7-10-6-3-4-8-11(10)12/h3-4,6,8,12H,2,5,7,9H2,1H3/t12-/m0/s1. The van der Waals surface area contributed by atoms with Crippen LogP contribution in [0.3, 0.4) is 0 Å². The van der Waals surface area contributed by atoms with Gasteiger partial charge in [-0.15, -0.1) is 0 Å². The Hall–Kier alpha value is -0.820. The van der Waals surface area contributed by atoms with Gasteiger partial charge < -0.3 is 4.74 Å². The van der Waals surface area contributed by atoms with Crippen molar-refractivity contribution < 1.29 is 4.74 Å². The summed E-state index contributed by atoms with van der Waals surface area (Å²) in [4.78, 5) is 0. The predicted octanol–water partition coefficient (Wildman–Crippen LogP) is 3.10. The molecule has 70 valence electrons. The van der Waals surface area contributed by atoms with E-state index < -0.39 is 0 Å². The molecule has 0 spiro atoms. The fourth-order valence-corrected chi connectivity index (χ4v) is 2.08. The van der Waals surface area contributed by atoms with Gasteiger partial charge in [0, 0.05) is 6.61 Å². The van der Waals surface area contributed by atoms with Crippen molar-refractivity contribution in [1.29, 1.82) is 0 Å². The van der Waals surface area contributed by atoms with Crippen molar-refractivity contribution >= 4 is 0 Å². The average Bonchev–Trinajstić information content (AvgIpc) is 2.19. The Labute approximate surface area is 79.7 Å². The summed E-state index contributed by atoms with van der Waals surface area (Å²) in [5.74, 6) is 0. The highest BCUT2D eigenvalue weighted by atomic mass is 16.5. The van der Waals surface area contributed by atoms with Crippen LogP contribution in [0, 0.1) is 0 Å². The molecule has 0 fully saturated rings. The number of ether oxygens (including phenoxy) is 1. The zero-order valence-electron chi connectivity index (χ0n) is 8.12. The third-order valence-corrected chi connectivity index (χ3v) is 2.68. The van der Waals surface area contributed by atoms with Crippen LogP contribution in [0.1, 0.15) is 37.0 Å². The molecule has 1 aliphatic rings. The zero-order valence-corrected chi connectivity index (χ0v) is 8.12. The first-order valence-corrected chi connectivity index (χ1v) is 5.11. The Balaban J connectivity index is 2.26. The van der Waals surface area contributed by atoms with Crippen LogP contribution in [0.15, 0.2) is 24.3 Å². The van der Waals surface area contributed by atoms with Crippen molar-refractivity contribution in [3.63, 3.8) is 0 Å². The van der Waals surface area contributed by atoms with Gasteiger partial charge in [0.1, 0.15) is 0 Å². The van der Waals surface area contributed by atoms with Gasteiger partial charge >= 0.3 is 0 Å². The summed E-state index contributed by atoms with van der Waals surface area (Å²) >= 11 is 0. The summed E-state index contributed by atoms with van der Waals surface area (Å²) < 4.78 is 5.71. The first-order valence-electron chi connectivity index (χ1n) is 5.11. The number of benzene rings is 1. The Morgan fingerprint density at radius 1 is 1.38 bits per heavy atom. The van der Waals surface area contributed by atoms with Gasteiger partial charge in [-0.2, -0.15) is 0 Å². The Kier molecular flexibility index (Phi) is 2.65. The van der Waals surface area contributed by atoms with Gasteiger partial charge in [-0.3, -0.25) is 0 Å². The lowest BCUT2D eigenvalue weighted by molar-refractivity contribution is 0.0500. The fourth-order valence-electron chi connectivity index (χ4n) is 2.08. The number of fused-ring (bicyclic) bond motifs is 1. The molecule has 0 amide bonds. The molecule has 1 nitrogen and oxygen atoms in total. The molecule has 0 bridgehead atoms. The largest absolute Gasteiger partial charge is 0.374 e. The topological polar surface area (TPSA) is 9.23 Å². The monoisotopic (exact) mass is 176 g/mol. The lowest BCUT2D eigenvalue weighted by Crippen LogP contribution is -2.12. The molecule has 1 aromatic rings. The highest BCUT2D eigenvalue weighted by Gasteiger charge is 2.19. The lowest BCUT2D eigenvalue weighted by Gasteiger charge is -2.24. The van der Waals surface area contributed by atoms with Gasteiger partial charge in [-0.05, 0) is 37.3 Å². The second-order valence-electron chi connectivity index (χ2n) is 3.54. The van der Waals surface area contributed by atoms with E-state index in [-0.39, 0.29) is 0 Å². The molecule has 1 aromatic carbocycles. The van der Waals surface area contributed by atoms with E-state index in [1.807, 2.05) is 0 Å². The van der Waals surface area contributed by atoms with Crippen molar-refractivity contribution in [3.05, 3.63) is 35.4 Å². The van der Waals surface area contributed by atoms with Gasteiger partial charge in [0.05, 0.1) is 6.10 Å². The van der Waals surface area contributed by atoms with E-state index in [2.05, 4.69) is 31.2 Å². The molecule has 0 saturated heterocycles. The van der Waals surface area contributed by atoms with Crippen LogP contribution in [0.4, 0.5) is 0 Å². The predicted molar refractivity (Wildman–Crippen MR) is 53.7 cm³/mol. The summed E-state index contributed by atoms with van der Waals surface area (Å²) in [5, 5.41) is 0. The van der Waals surface area contributed by atoms with Crippen molar-refractivity contribution in [2.45, 2.75) is 32.3 Å². The number of hydrogen-bond acceptors (Lipinski definition) is 1. The molecule has 0 N–H and O–H groups in total. The average molecular weight is 176 g/mol. The molecular weight excluding hydrogens is 160 g/mol. The summed E-state index contributed by atoms with van der Waals surface area (Å²) in [6.07, 6.45) is 4.03.